The van der Waals surface area contributed by atoms with Crippen LogP contribution in [0.3, 0.4) is 0 Å². The van der Waals surface area contributed by atoms with E-state index in [9.17, 15) is 9.18 Å². The number of aldehydes is 1. The normalized spacial score (nSPS) is 13.7. The van der Waals surface area contributed by atoms with Crippen molar-refractivity contribution in [2.75, 3.05) is 0 Å². The van der Waals surface area contributed by atoms with Gasteiger partial charge in [-0.3, -0.25) is 0 Å². The highest BCUT2D eigenvalue weighted by atomic mass is 19.1. The smallest absolute Gasteiger partial charge is 0.126 e. The van der Waals surface area contributed by atoms with Crippen LogP contribution in [-0.4, -0.2) is 6.29 Å². The van der Waals surface area contributed by atoms with Gasteiger partial charge in [-0.1, -0.05) is 39.0 Å². The Kier molecular flexibility index (Phi) is 3.04. The summed E-state index contributed by atoms with van der Waals surface area (Å²) in [6, 6.07) is 6.59. The zero-order valence-electron chi connectivity index (χ0n) is 8.75. The molecule has 0 amide bonds. The minimum atomic E-state index is -0.526. The van der Waals surface area contributed by atoms with Gasteiger partial charge in [0.2, 0.25) is 0 Å². The Morgan fingerprint density at radius 2 is 1.93 bits per heavy atom. The number of benzene rings is 1. The summed E-state index contributed by atoms with van der Waals surface area (Å²) >= 11 is 0. The number of hydrogen-bond acceptors (Lipinski definition) is 1. The summed E-state index contributed by atoms with van der Waals surface area (Å²) in [5, 5.41) is 0. The van der Waals surface area contributed by atoms with Gasteiger partial charge in [-0.15, -0.1) is 0 Å². The highest BCUT2D eigenvalue weighted by Crippen LogP contribution is 2.34. The van der Waals surface area contributed by atoms with E-state index in [0.29, 0.717) is 5.56 Å². The minimum Gasteiger partial charge on any atom is -0.303 e. The fourth-order valence-corrected chi connectivity index (χ4v) is 1.33. The van der Waals surface area contributed by atoms with E-state index in [4.69, 9.17) is 0 Å². The molecule has 0 N–H and O–H groups in total. The first kappa shape index (κ1) is 10.9. The molecule has 0 aliphatic heterocycles. The van der Waals surface area contributed by atoms with Gasteiger partial charge in [-0.05, 0) is 17.5 Å². The zero-order chi connectivity index (χ0) is 10.8. The largest absolute Gasteiger partial charge is 0.303 e. The SMILES string of the molecule is CC(c1ccccc1F)C(C)(C)C=O. The lowest BCUT2D eigenvalue weighted by atomic mass is 9.77. The van der Waals surface area contributed by atoms with Crippen LogP contribution in [0.15, 0.2) is 24.3 Å². The van der Waals surface area contributed by atoms with Gasteiger partial charge in [0.1, 0.15) is 12.1 Å². The van der Waals surface area contributed by atoms with E-state index in [2.05, 4.69) is 0 Å². The van der Waals surface area contributed by atoms with Crippen LogP contribution in [0, 0.1) is 11.2 Å². The maximum atomic E-state index is 13.4. The van der Waals surface area contributed by atoms with Gasteiger partial charge in [-0.2, -0.15) is 0 Å². The van der Waals surface area contributed by atoms with Gasteiger partial charge < -0.3 is 4.79 Å². The van der Waals surface area contributed by atoms with Crippen LogP contribution in [0.1, 0.15) is 32.3 Å². The molecular formula is C12H15FO. The summed E-state index contributed by atoms with van der Waals surface area (Å²) in [6.07, 6.45) is 0.879. The highest BCUT2D eigenvalue weighted by molar-refractivity contribution is 5.60. The third kappa shape index (κ3) is 2.00. The van der Waals surface area contributed by atoms with Crippen molar-refractivity contribution in [3.8, 4) is 0 Å². The molecule has 1 unspecified atom stereocenters. The first-order valence-corrected chi connectivity index (χ1v) is 4.70. The molecule has 0 saturated heterocycles. The van der Waals surface area contributed by atoms with Gasteiger partial charge in [-0.25, -0.2) is 4.39 Å². The molecule has 14 heavy (non-hydrogen) atoms. The van der Waals surface area contributed by atoms with Crippen LogP contribution in [0.25, 0.3) is 0 Å². The molecule has 1 aromatic rings. The lowest BCUT2D eigenvalue weighted by molar-refractivity contribution is -0.115. The molecule has 1 nitrogen and oxygen atoms in total. The van der Waals surface area contributed by atoms with E-state index in [1.54, 1.807) is 18.2 Å². The van der Waals surface area contributed by atoms with E-state index in [1.807, 2.05) is 20.8 Å². The lowest BCUT2D eigenvalue weighted by Crippen LogP contribution is -2.22. The second-order valence-electron chi connectivity index (χ2n) is 4.18. The number of carbonyl (C=O) groups is 1. The highest BCUT2D eigenvalue weighted by Gasteiger charge is 2.28. The monoisotopic (exact) mass is 194 g/mol. The Bertz CT molecular complexity index is 331. The molecule has 1 atom stereocenters. The van der Waals surface area contributed by atoms with Crippen molar-refractivity contribution < 1.29 is 9.18 Å². The number of hydrogen-bond donors (Lipinski definition) is 0. The molecule has 0 spiro atoms. The summed E-state index contributed by atoms with van der Waals surface area (Å²) in [5.41, 5.74) is 0.0759. The summed E-state index contributed by atoms with van der Waals surface area (Å²) in [5.74, 6) is -0.351. The van der Waals surface area contributed by atoms with Crippen molar-refractivity contribution in [3.05, 3.63) is 35.6 Å². The number of carbonyl (C=O) groups excluding carboxylic acids is 1. The summed E-state index contributed by atoms with van der Waals surface area (Å²) < 4.78 is 13.4. The third-order valence-electron chi connectivity index (χ3n) is 2.79. The number of rotatable bonds is 3. The molecule has 0 fully saturated rings. The predicted octanol–water partition coefficient (Wildman–Crippen LogP) is 3.15. The average molecular weight is 194 g/mol. The van der Waals surface area contributed by atoms with E-state index in [0.717, 1.165) is 6.29 Å². The molecule has 0 aromatic heterocycles. The molecule has 1 aromatic carbocycles. The molecule has 0 bridgehead atoms. The van der Waals surface area contributed by atoms with Crippen LogP contribution >= 0.6 is 0 Å². The van der Waals surface area contributed by atoms with Crippen molar-refractivity contribution in [1.82, 2.24) is 0 Å². The predicted molar refractivity (Wildman–Crippen MR) is 54.7 cm³/mol. The Hall–Kier alpha value is -1.18. The van der Waals surface area contributed by atoms with E-state index in [1.165, 1.54) is 6.07 Å². The first-order valence-electron chi connectivity index (χ1n) is 4.70. The maximum Gasteiger partial charge on any atom is 0.126 e. The fraction of sp³-hybridized carbons (Fsp3) is 0.417. The van der Waals surface area contributed by atoms with Crippen molar-refractivity contribution in [3.63, 3.8) is 0 Å². The second-order valence-corrected chi connectivity index (χ2v) is 4.18. The second kappa shape index (κ2) is 3.91. The Balaban J connectivity index is 3.06. The van der Waals surface area contributed by atoms with Crippen molar-refractivity contribution in [2.24, 2.45) is 5.41 Å². The minimum absolute atomic E-state index is 0.110. The third-order valence-corrected chi connectivity index (χ3v) is 2.79. The van der Waals surface area contributed by atoms with Crippen LogP contribution in [0.4, 0.5) is 4.39 Å². The number of halogens is 1. The molecule has 0 aliphatic rings. The van der Waals surface area contributed by atoms with E-state index < -0.39 is 5.41 Å². The molecule has 76 valence electrons. The maximum absolute atomic E-state index is 13.4. The van der Waals surface area contributed by atoms with E-state index in [-0.39, 0.29) is 11.7 Å². The van der Waals surface area contributed by atoms with Crippen LogP contribution in [0.5, 0.6) is 0 Å². The van der Waals surface area contributed by atoms with Crippen LogP contribution in [-0.2, 0) is 4.79 Å². The topological polar surface area (TPSA) is 17.1 Å². The fourth-order valence-electron chi connectivity index (χ4n) is 1.33. The molecule has 0 heterocycles. The van der Waals surface area contributed by atoms with Gasteiger partial charge in [0, 0.05) is 5.41 Å². The Labute approximate surface area is 83.9 Å². The average Bonchev–Trinajstić information content (AvgIpc) is 2.17. The summed E-state index contributed by atoms with van der Waals surface area (Å²) in [7, 11) is 0. The standard InChI is InChI=1S/C12H15FO/c1-9(12(2,3)8-14)10-6-4-5-7-11(10)13/h4-9H,1-3H3. The van der Waals surface area contributed by atoms with Gasteiger partial charge in [0.25, 0.3) is 0 Å². The molecule has 1 rings (SSSR count). The van der Waals surface area contributed by atoms with Crippen molar-refractivity contribution in [2.45, 2.75) is 26.7 Å². The molecular weight excluding hydrogens is 179 g/mol. The van der Waals surface area contributed by atoms with Crippen LogP contribution in [0.2, 0.25) is 0 Å². The van der Waals surface area contributed by atoms with Gasteiger partial charge in [0.05, 0.1) is 0 Å². The summed E-state index contributed by atoms with van der Waals surface area (Å²) in [6.45, 7) is 5.50. The van der Waals surface area contributed by atoms with E-state index >= 15 is 0 Å². The van der Waals surface area contributed by atoms with Crippen molar-refractivity contribution in [1.29, 1.82) is 0 Å². The Morgan fingerprint density at radius 3 is 2.43 bits per heavy atom. The molecule has 2 heteroatoms. The quantitative estimate of drug-likeness (QED) is 0.675. The zero-order valence-corrected chi connectivity index (χ0v) is 8.75. The molecule has 0 aliphatic carbocycles. The van der Waals surface area contributed by atoms with Gasteiger partial charge in [0.15, 0.2) is 0 Å². The first-order chi connectivity index (χ1) is 6.49. The molecule has 0 radical (unpaired) electrons. The molecule has 0 saturated carbocycles. The van der Waals surface area contributed by atoms with Crippen LogP contribution < -0.4 is 0 Å². The van der Waals surface area contributed by atoms with Gasteiger partial charge >= 0.3 is 0 Å². The summed E-state index contributed by atoms with van der Waals surface area (Å²) in [4.78, 5) is 10.8. The lowest BCUT2D eigenvalue weighted by Gasteiger charge is -2.26. The van der Waals surface area contributed by atoms with Crippen molar-refractivity contribution >= 4 is 6.29 Å². The Morgan fingerprint density at radius 1 is 1.36 bits per heavy atom.